The molecule has 0 aromatic heterocycles. The van der Waals surface area contributed by atoms with Crippen molar-refractivity contribution in [3.8, 4) is 55.6 Å². The van der Waals surface area contributed by atoms with Crippen molar-refractivity contribution >= 4 is 75.4 Å². The van der Waals surface area contributed by atoms with E-state index in [0.717, 1.165) is 70.0 Å². The molecule has 0 heterocycles. The van der Waals surface area contributed by atoms with Crippen molar-refractivity contribution in [2.45, 2.75) is 0 Å². The lowest BCUT2D eigenvalue weighted by atomic mass is 9.87. The van der Waals surface area contributed by atoms with Crippen molar-refractivity contribution in [3.05, 3.63) is 218 Å². The van der Waals surface area contributed by atoms with E-state index in [1.54, 1.807) is 24.3 Å². The zero-order valence-corrected chi connectivity index (χ0v) is 31.9. The summed E-state index contributed by atoms with van der Waals surface area (Å²) in [5.74, 6) is 0. The van der Waals surface area contributed by atoms with E-state index in [1.807, 2.05) is 115 Å². The van der Waals surface area contributed by atoms with E-state index in [0.29, 0.717) is 22.1 Å². The molecule has 0 radical (unpaired) electrons. The van der Waals surface area contributed by atoms with E-state index < -0.39 is 30.2 Å². The van der Waals surface area contributed by atoms with Crippen LogP contribution in [0.2, 0.25) is 0 Å². The number of rotatable bonds is 5. The Labute approximate surface area is 363 Å². The van der Waals surface area contributed by atoms with Crippen LogP contribution in [0.3, 0.4) is 0 Å². The molecular weight excluding hydrogens is 721 g/mol. The van der Waals surface area contributed by atoms with Gasteiger partial charge in [0.15, 0.2) is 0 Å². The number of fused-ring (bicyclic) bond motifs is 1. The van der Waals surface area contributed by atoms with Gasteiger partial charge in [0.1, 0.15) is 0 Å². The summed E-state index contributed by atoms with van der Waals surface area (Å²) < 4.78 is 107. The third-order valence-electron chi connectivity index (χ3n) is 12.2. The van der Waals surface area contributed by atoms with Crippen molar-refractivity contribution in [1.82, 2.24) is 0 Å². The Morgan fingerprint density at radius 3 is 1.15 bits per heavy atom. The van der Waals surface area contributed by atoms with Gasteiger partial charge in [-0.2, -0.15) is 0 Å². The predicted molar refractivity (Wildman–Crippen MR) is 259 cm³/mol. The number of benzene rings is 13. The van der Waals surface area contributed by atoms with E-state index in [9.17, 15) is 15.1 Å². The minimum absolute atomic E-state index is 0.00285. The molecule has 0 aliphatic heterocycles. The molecule has 13 rings (SSSR count). The van der Waals surface area contributed by atoms with Crippen LogP contribution in [0.1, 0.15) is 15.1 Å². The van der Waals surface area contributed by atoms with Gasteiger partial charge in [-0.3, -0.25) is 0 Å². The van der Waals surface area contributed by atoms with Crippen LogP contribution in [-0.4, -0.2) is 0 Å². The van der Waals surface area contributed by atoms with Crippen LogP contribution in [0.25, 0.3) is 131 Å². The first kappa shape index (κ1) is 24.2. The molecule has 0 saturated carbocycles. The van der Waals surface area contributed by atoms with E-state index in [2.05, 4.69) is 12.1 Å². The summed E-state index contributed by atoms with van der Waals surface area (Å²) in [5, 5.41) is 12.7. The highest BCUT2D eigenvalue weighted by molar-refractivity contribution is 6.26. The molecule has 13 aromatic carbocycles. The smallest absolute Gasteiger partial charge is 0.0616 e. The van der Waals surface area contributed by atoms with Crippen LogP contribution in [0.5, 0.6) is 0 Å². The van der Waals surface area contributed by atoms with Crippen molar-refractivity contribution < 1.29 is 15.1 Å². The molecule has 0 amide bonds. The van der Waals surface area contributed by atoms with Crippen LogP contribution >= 0.6 is 0 Å². The zero-order chi connectivity index (χ0) is 48.9. The highest BCUT2D eigenvalue weighted by atomic mass is 14.2. The van der Waals surface area contributed by atoms with Gasteiger partial charge in [0.2, 0.25) is 0 Å². The van der Waals surface area contributed by atoms with Gasteiger partial charge in [-0.15, -0.1) is 0 Å². The predicted octanol–water partition coefficient (Wildman–Crippen LogP) is 17.0. The minimum atomic E-state index is -0.565. The molecule has 0 fully saturated rings. The van der Waals surface area contributed by atoms with Crippen molar-refractivity contribution in [2.75, 3.05) is 0 Å². The third kappa shape index (κ3) is 5.04. The van der Waals surface area contributed by atoms with Gasteiger partial charge in [0, 0.05) is 0 Å². The van der Waals surface area contributed by atoms with Crippen molar-refractivity contribution in [3.63, 3.8) is 0 Å². The number of hydrogen-bond donors (Lipinski definition) is 0. The Balaban J connectivity index is 1.15. The molecule has 276 valence electrons. The lowest BCUT2D eigenvalue weighted by Crippen LogP contribution is -1.90. The summed E-state index contributed by atoms with van der Waals surface area (Å²) in [4.78, 5) is 0. The zero-order valence-electron chi connectivity index (χ0n) is 42.9. The van der Waals surface area contributed by atoms with Gasteiger partial charge in [0.05, 0.1) is 15.1 Å². The lowest BCUT2D eigenvalue weighted by Gasteiger charge is -2.16. The molecule has 0 nitrogen and oxygen atoms in total. The number of hydrogen-bond acceptors (Lipinski definition) is 0. The van der Waals surface area contributed by atoms with E-state index in [1.165, 1.54) is 0 Å². The van der Waals surface area contributed by atoms with Gasteiger partial charge in [0.25, 0.3) is 0 Å². The Bertz CT molecular complexity index is 4200. The van der Waals surface area contributed by atoms with Gasteiger partial charge in [-0.05, 0) is 161 Å². The molecule has 0 N–H and O–H groups in total. The van der Waals surface area contributed by atoms with Gasteiger partial charge in [-0.1, -0.05) is 188 Å². The fraction of sp³-hybridized carbons (Fsp3) is 0. The van der Waals surface area contributed by atoms with Crippen LogP contribution in [0.15, 0.2) is 218 Å². The second-order valence-electron chi connectivity index (χ2n) is 15.5. The second kappa shape index (κ2) is 12.9. The molecule has 60 heavy (non-hydrogen) atoms. The van der Waals surface area contributed by atoms with Gasteiger partial charge in [-0.25, -0.2) is 0 Å². The molecule has 0 aliphatic carbocycles. The summed E-state index contributed by atoms with van der Waals surface area (Å²) >= 11 is 0. The average molecular weight is 768 g/mol. The Morgan fingerprint density at radius 1 is 0.233 bits per heavy atom. The first-order chi connectivity index (χ1) is 34.3. The summed E-state index contributed by atoms with van der Waals surface area (Å²) in [5.41, 5.74) is 0.286. The minimum Gasteiger partial charge on any atom is -0.0616 e. The Hall–Kier alpha value is -7.80. The maximum absolute atomic E-state index is 10.2. The summed E-state index contributed by atoms with van der Waals surface area (Å²) in [6, 6.07) is 43.4. The summed E-state index contributed by atoms with van der Waals surface area (Å²) in [6.45, 7) is 0. The Kier molecular flexibility index (Phi) is 5.18. The Morgan fingerprint density at radius 2 is 0.600 bits per heavy atom. The average Bonchev–Trinajstić information content (AvgIpc) is 3.38. The van der Waals surface area contributed by atoms with Crippen LogP contribution < -0.4 is 0 Å². The molecule has 0 unspecified atom stereocenters. The maximum Gasteiger partial charge on any atom is 0.0636 e. The van der Waals surface area contributed by atoms with Crippen LogP contribution in [-0.2, 0) is 0 Å². The lowest BCUT2D eigenvalue weighted by molar-refractivity contribution is 1.57. The fourth-order valence-electron chi connectivity index (χ4n) is 9.41. The quantitative estimate of drug-likeness (QED) is 0.153. The van der Waals surface area contributed by atoms with Gasteiger partial charge < -0.3 is 0 Å². The molecule has 0 saturated heterocycles. The molecule has 0 aliphatic rings. The molecule has 0 atom stereocenters. The SMILES string of the molecule is [2H]c1c([2H])c(-c2c([2H])c(-c3c([2H])c([2H])c([2H])c(-c4ccc5ccc6cccc7ccc4c5c67)c3[2H])c([2H])c(-c3cccc4ccccc34)c2[2H])c([2H])c(-c2ccc3ccc4cccc5ccc2c3c45)c1[2H]. The van der Waals surface area contributed by atoms with Crippen molar-refractivity contribution in [2.24, 2.45) is 0 Å². The van der Waals surface area contributed by atoms with Crippen molar-refractivity contribution in [1.29, 1.82) is 0 Å². The monoisotopic (exact) mass is 767 g/mol. The molecule has 0 heteroatoms. The van der Waals surface area contributed by atoms with E-state index >= 15 is 0 Å². The summed E-state index contributed by atoms with van der Waals surface area (Å²) in [7, 11) is 0. The van der Waals surface area contributed by atoms with E-state index in [4.69, 9.17) is 0 Å². The maximum atomic E-state index is 10.2. The third-order valence-corrected chi connectivity index (χ3v) is 12.2. The molecule has 0 bridgehead atoms. The largest absolute Gasteiger partial charge is 0.0636 e. The first-order valence-corrected chi connectivity index (χ1v) is 20.0. The summed E-state index contributed by atoms with van der Waals surface area (Å²) in [6.07, 6.45) is 0. The first-order valence-electron chi connectivity index (χ1n) is 25.5. The topological polar surface area (TPSA) is 0 Å². The highest BCUT2D eigenvalue weighted by Gasteiger charge is 2.16. The van der Waals surface area contributed by atoms with Crippen LogP contribution in [0.4, 0.5) is 0 Å². The molecule has 0 spiro atoms. The van der Waals surface area contributed by atoms with E-state index in [-0.39, 0.29) is 75.2 Å². The standard InChI is InChI=1S/C60H36/c1-2-18-51-37(8-1)9-7-19-52(51)50-35-48(44-14-5-16-46(32-44)53-28-24-42-22-20-38-10-3-12-40-26-30-55(53)59(42)57(38)40)34-49(36-50)45-15-6-17-47(33-45)54-29-25-43-23-21-39-11-4-13-41-27-31-56(54)60(43)58(39)41/h1-36H/i5D,6D,14D,15D,16D,17D,32D,33D,34D,35D,36D. The molecular formula is C60H36. The molecule has 13 aromatic rings. The highest BCUT2D eigenvalue weighted by Crippen LogP contribution is 2.43. The van der Waals surface area contributed by atoms with Crippen LogP contribution in [0, 0.1) is 0 Å². The fourth-order valence-corrected chi connectivity index (χ4v) is 9.41. The van der Waals surface area contributed by atoms with Gasteiger partial charge >= 0.3 is 0 Å². The normalized spacial score (nSPS) is 14.6. The second-order valence-corrected chi connectivity index (χ2v) is 15.5.